The standard InChI is InChI=1S/C14H19N3O5/c1-15-12(19)14-3-4-21-6-9(14)5-17(8-14)11(18)10-7-22-13(16-10)20-2/h7,9H,3-6,8H2,1-2H3,(H,15,19)/t9-,14+/m1/s1. The second kappa shape index (κ2) is 5.60. The van der Waals surface area contributed by atoms with Gasteiger partial charge in [0.25, 0.3) is 5.91 Å². The van der Waals surface area contributed by atoms with Crippen molar-refractivity contribution in [1.82, 2.24) is 15.2 Å². The van der Waals surface area contributed by atoms with Crippen LogP contribution >= 0.6 is 0 Å². The second-order valence-corrected chi connectivity index (χ2v) is 5.65. The Morgan fingerprint density at radius 3 is 3.05 bits per heavy atom. The lowest BCUT2D eigenvalue weighted by atomic mass is 9.73. The number of ether oxygens (including phenoxy) is 2. The quantitative estimate of drug-likeness (QED) is 0.838. The molecule has 8 heteroatoms. The van der Waals surface area contributed by atoms with E-state index in [2.05, 4.69) is 10.3 Å². The summed E-state index contributed by atoms with van der Waals surface area (Å²) in [6, 6.07) is 0. The fraction of sp³-hybridized carbons (Fsp3) is 0.643. The number of fused-ring (bicyclic) bond motifs is 1. The second-order valence-electron chi connectivity index (χ2n) is 5.65. The number of hydrogen-bond acceptors (Lipinski definition) is 6. The molecule has 0 aliphatic carbocycles. The third kappa shape index (κ3) is 2.23. The van der Waals surface area contributed by atoms with E-state index in [4.69, 9.17) is 13.9 Å². The Morgan fingerprint density at radius 2 is 2.36 bits per heavy atom. The molecular weight excluding hydrogens is 290 g/mol. The van der Waals surface area contributed by atoms with Gasteiger partial charge in [0, 0.05) is 32.7 Å². The number of carbonyl (C=O) groups is 2. The molecule has 120 valence electrons. The lowest BCUT2D eigenvalue weighted by Gasteiger charge is -2.36. The smallest absolute Gasteiger partial charge is 0.393 e. The zero-order chi connectivity index (χ0) is 15.7. The van der Waals surface area contributed by atoms with Crippen molar-refractivity contribution in [3.63, 3.8) is 0 Å². The Morgan fingerprint density at radius 1 is 1.55 bits per heavy atom. The summed E-state index contributed by atoms with van der Waals surface area (Å²) in [5, 5.41) is 2.72. The molecule has 1 aromatic heterocycles. The van der Waals surface area contributed by atoms with Crippen LogP contribution in [0, 0.1) is 11.3 Å². The summed E-state index contributed by atoms with van der Waals surface area (Å²) >= 11 is 0. The Bertz CT molecular complexity index is 587. The van der Waals surface area contributed by atoms with E-state index in [1.165, 1.54) is 13.4 Å². The molecule has 0 bridgehead atoms. The first-order chi connectivity index (χ1) is 10.6. The molecule has 0 spiro atoms. The molecule has 3 heterocycles. The van der Waals surface area contributed by atoms with E-state index >= 15 is 0 Å². The van der Waals surface area contributed by atoms with E-state index in [0.29, 0.717) is 32.7 Å². The molecule has 2 aliphatic rings. The summed E-state index contributed by atoms with van der Waals surface area (Å²) in [5.41, 5.74) is -0.389. The molecule has 0 unspecified atom stereocenters. The lowest BCUT2D eigenvalue weighted by molar-refractivity contribution is -0.138. The van der Waals surface area contributed by atoms with Crippen LogP contribution in [-0.4, -0.2) is 62.2 Å². The molecule has 2 atom stereocenters. The minimum absolute atomic E-state index is 0.000975. The normalized spacial score (nSPS) is 27.4. The summed E-state index contributed by atoms with van der Waals surface area (Å²) in [6.07, 6.45) is 1.93. The zero-order valence-electron chi connectivity index (χ0n) is 12.6. The maximum atomic E-state index is 12.5. The van der Waals surface area contributed by atoms with Gasteiger partial charge in [-0.15, -0.1) is 0 Å². The van der Waals surface area contributed by atoms with E-state index in [1.54, 1.807) is 11.9 Å². The zero-order valence-corrected chi connectivity index (χ0v) is 12.6. The van der Waals surface area contributed by atoms with Crippen molar-refractivity contribution in [2.24, 2.45) is 11.3 Å². The SMILES string of the molecule is CNC(=O)[C@]12CCOC[C@H]1CN(C(=O)c1coc(OC)n1)C2. The molecule has 1 aromatic rings. The summed E-state index contributed by atoms with van der Waals surface area (Å²) in [5.74, 6) is -0.294. The van der Waals surface area contributed by atoms with E-state index in [-0.39, 0.29) is 29.5 Å². The Balaban J connectivity index is 1.82. The molecule has 2 amide bonds. The fourth-order valence-electron chi connectivity index (χ4n) is 3.34. The highest BCUT2D eigenvalue weighted by molar-refractivity contribution is 5.93. The van der Waals surface area contributed by atoms with Crippen molar-refractivity contribution in [1.29, 1.82) is 0 Å². The number of rotatable bonds is 3. The molecule has 0 radical (unpaired) electrons. The highest BCUT2D eigenvalue weighted by Crippen LogP contribution is 2.42. The highest BCUT2D eigenvalue weighted by Gasteiger charge is 2.54. The Labute approximate surface area is 127 Å². The fourth-order valence-corrected chi connectivity index (χ4v) is 3.34. The molecule has 8 nitrogen and oxygen atoms in total. The van der Waals surface area contributed by atoms with Gasteiger partial charge < -0.3 is 24.1 Å². The summed E-state index contributed by atoms with van der Waals surface area (Å²) in [4.78, 5) is 30.5. The van der Waals surface area contributed by atoms with Gasteiger partial charge in [0.2, 0.25) is 5.91 Å². The molecule has 1 N–H and O–H groups in total. The minimum Gasteiger partial charge on any atom is -0.454 e. The minimum atomic E-state index is -0.573. The van der Waals surface area contributed by atoms with Crippen molar-refractivity contribution in [3.05, 3.63) is 12.0 Å². The van der Waals surface area contributed by atoms with Gasteiger partial charge in [0.1, 0.15) is 6.26 Å². The molecule has 0 saturated carbocycles. The number of hydrogen-bond donors (Lipinski definition) is 1. The third-order valence-electron chi connectivity index (χ3n) is 4.55. The van der Waals surface area contributed by atoms with Crippen LogP contribution in [0.4, 0.5) is 0 Å². The van der Waals surface area contributed by atoms with E-state index in [1.807, 2.05) is 0 Å². The molecule has 0 aromatic carbocycles. The first kappa shape index (κ1) is 14.8. The lowest BCUT2D eigenvalue weighted by Crippen LogP contribution is -2.49. The van der Waals surface area contributed by atoms with Crippen LogP contribution < -0.4 is 10.1 Å². The Kier molecular flexibility index (Phi) is 3.78. The van der Waals surface area contributed by atoms with E-state index < -0.39 is 5.41 Å². The molecular formula is C14H19N3O5. The molecule has 2 fully saturated rings. The van der Waals surface area contributed by atoms with E-state index in [9.17, 15) is 9.59 Å². The topological polar surface area (TPSA) is 93.9 Å². The van der Waals surface area contributed by atoms with Crippen molar-refractivity contribution >= 4 is 11.8 Å². The molecule has 3 rings (SSSR count). The number of amides is 2. The largest absolute Gasteiger partial charge is 0.454 e. The van der Waals surface area contributed by atoms with Crippen molar-refractivity contribution in [3.8, 4) is 6.08 Å². The first-order valence-electron chi connectivity index (χ1n) is 7.19. The van der Waals surface area contributed by atoms with Gasteiger partial charge in [-0.25, -0.2) is 0 Å². The number of aromatic nitrogens is 1. The van der Waals surface area contributed by atoms with Gasteiger partial charge in [-0.1, -0.05) is 0 Å². The molecule has 2 saturated heterocycles. The van der Waals surface area contributed by atoms with Crippen LogP contribution in [0.2, 0.25) is 0 Å². The number of likely N-dealkylation sites (tertiary alicyclic amines) is 1. The predicted molar refractivity (Wildman–Crippen MR) is 74.4 cm³/mol. The van der Waals surface area contributed by atoms with Crippen LogP contribution in [0.1, 0.15) is 16.9 Å². The summed E-state index contributed by atoms with van der Waals surface area (Å²) in [6.45, 7) is 1.86. The third-order valence-corrected chi connectivity index (χ3v) is 4.55. The summed E-state index contributed by atoms with van der Waals surface area (Å²) in [7, 11) is 3.04. The van der Waals surface area contributed by atoms with Crippen LogP contribution in [0.5, 0.6) is 6.08 Å². The maximum Gasteiger partial charge on any atom is 0.393 e. The predicted octanol–water partition coefficient (Wildman–Crippen LogP) is -0.0921. The van der Waals surface area contributed by atoms with Gasteiger partial charge in [-0.3, -0.25) is 9.59 Å². The van der Waals surface area contributed by atoms with Crippen LogP contribution in [0.15, 0.2) is 10.7 Å². The van der Waals surface area contributed by atoms with Crippen LogP contribution in [0.25, 0.3) is 0 Å². The van der Waals surface area contributed by atoms with Gasteiger partial charge in [-0.05, 0) is 6.42 Å². The van der Waals surface area contributed by atoms with Gasteiger partial charge in [0.15, 0.2) is 5.69 Å². The van der Waals surface area contributed by atoms with Gasteiger partial charge in [0.05, 0.1) is 19.1 Å². The maximum absolute atomic E-state index is 12.5. The number of methoxy groups -OCH3 is 1. The number of nitrogens with one attached hydrogen (secondary N) is 1. The van der Waals surface area contributed by atoms with Crippen LogP contribution in [-0.2, 0) is 9.53 Å². The highest BCUT2D eigenvalue weighted by atomic mass is 16.6. The number of carbonyl (C=O) groups excluding carboxylic acids is 2. The Hall–Kier alpha value is -2.09. The van der Waals surface area contributed by atoms with Crippen molar-refractivity contribution in [2.45, 2.75) is 6.42 Å². The first-order valence-corrected chi connectivity index (χ1v) is 7.19. The average Bonchev–Trinajstić information content (AvgIpc) is 3.18. The van der Waals surface area contributed by atoms with Crippen molar-refractivity contribution in [2.75, 3.05) is 40.5 Å². The van der Waals surface area contributed by atoms with Crippen molar-refractivity contribution < 1.29 is 23.5 Å². The summed E-state index contributed by atoms with van der Waals surface area (Å²) < 4.78 is 15.4. The number of oxazole rings is 1. The monoisotopic (exact) mass is 309 g/mol. The van der Waals surface area contributed by atoms with Gasteiger partial charge in [-0.2, -0.15) is 4.98 Å². The van der Waals surface area contributed by atoms with Crippen LogP contribution in [0.3, 0.4) is 0 Å². The molecule has 22 heavy (non-hydrogen) atoms. The number of nitrogens with zero attached hydrogens (tertiary/aromatic N) is 2. The van der Waals surface area contributed by atoms with Gasteiger partial charge >= 0.3 is 6.08 Å². The van der Waals surface area contributed by atoms with E-state index in [0.717, 1.165) is 0 Å². The average molecular weight is 309 g/mol. The molecule has 2 aliphatic heterocycles.